The molecule has 1 aromatic heterocycles. The number of aromatic nitrogens is 2. The van der Waals surface area contributed by atoms with E-state index in [1.807, 2.05) is 17.9 Å². The molecule has 1 amide bonds. The van der Waals surface area contributed by atoms with Gasteiger partial charge in [-0.25, -0.2) is 4.98 Å². The number of nitrogens with zero attached hydrogens (tertiary/aromatic N) is 3. The molecule has 28 heavy (non-hydrogen) atoms. The number of carbonyl (C=O) groups is 1. The van der Waals surface area contributed by atoms with Crippen molar-refractivity contribution >= 4 is 17.4 Å². The van der Waals surface area contributed by atoms with E-state index in [9.17, 15) is 4.79 Å². The van der Waals surface area contributed by atoms with Crippen molar-refractivity contribution in [1.29, 1.82) is 0 Å². The van der Waals surface area contributed by atoms with Crippen molar-refractivity contribution in [1.82, 2.24) is 9.97 Å². The van der Waals surface area contributed by atoms with Gasteiger partial charge in [-0.3, -0.25) is 14.7 Å². The second kappa shape index (κ2) is 8.27. The summed E-state index contributed by atoms with van der Waals surface area (Å²) < 4.78 is 5.52. The van der Waals surface area contributed by atoms with Crippen molar-refractivity contribution in [2.75, 3.05) is 18.1 Å². The molecule has 0 aliphatic carbocycles. The Morgan fingerprint density at radius 1 is 1.21 bits per heavy atom. The molecule has 6 nitrogen and oxygen atoms in total. The molecule has 148 valence electrons. The zero-order valence-electron chi connectivity index (χ0n) is 16.6. The van der Waals surface area contributed by atoms with Crippen LogP contribution in [-0.4, -0.2) is 40.8 Å². The summed E-state index contributed by atoms with van der Waals surface area (Å²) in [5.74, 6) is 1.46. The van der Waals surface area contributed by atoms with E-state index in [0.717, 1.165) is 48.7 Å². The second-order valence-electron chi connectivity index (χ2n) is 7.50. The Bertz CT molecular complexity index is 859. The van der Waals surface area contributed by atoms with Gasteiger partial charge in [0, 0.05) is 13.2 Å². The molecule has 2 atom stereocenters. The largest absolute Gasteiger partial charge is 0.374 e. The summed E-state index contributed by atoms with van der Waals surface area (Å²) >= 11 is 0. The fourth-order valence-electron chi connectivity index (χ4n) is 4.15. The third kappa shape index (κ3) is 3.61. The van der Waals surface area contributed by atoms with Crippen LogP contribution in [-0.2, 0) is 22.6 Å². The zero-order valence-corrected chi connectivity index (χ0v) is 16.6. The van der Waals surface area contributed by atoms with Crippen LogP contribution >= 0.6 is 0 Å². The molecule has 4 rings (SSSR count). The molecule has 0 fully saturated rings. The van der Waals surface area contributed by atoms with Crippen LogP contribution in [0.25, 0.3) is 0 Å². The molecule has 0 spiro atoms. The van der Waals surface area contributed by atoms with E-state index < -0.39 is 0 Å². The van der Waals surface area contributed by atoms with Crippen molar-refractivity contribution in [2.45, 2.75) is 52.2 Å². The smallest absolute Gasteiger partial charge is 0.237 e. The number of imidazole rings is 1. The Balaban J connectivity index is 1.68. The third-order valence-corrected chi connectivity index (χ3v) is 5.45. The van der Waals surface area contributed by atoms with Crippen LogP contribution in [0.5, 0.6) is 0 Å². The Morgan fingerprint density at radius 2 is 2.04 bits per heavy atom. The molecule has 2 aliphatic heterocycles. The molecule has 0 radical (unpaired) electrons. The fourth-order valence-corrected chi connectivity index (χ4v) is 4.15. The topological polar surface area (TPSA) is 70.6 Å². The first-order valence-electron chi connectivity index (χ1n) is 10.3. The Labute approximate surface area is 166 Å². The van der Waals surface area contributed by atoms with E-state index in [1.165, 1.54) is 5.56 Å². The molecule has 0 saturated heterocycles. The molecule has 6 heteroatoms. The summed E-state index contributed by atoms with van der Waals surface area (Å²) in [5.41, 5.74) is 3.08. The standard InChI is InChI=1S/C22H28N4O2/c1-3-12-26-21-20(24-18(25-21)14-28-4-2)19-17(22(26)27)11-10-16(23-19)13-15-8-6-5-7-9-15/h5-9,16-17H,3-4,10-14H2,1-2H3,(H,24,25)/t16-,17?/m0/s1. The lowest BCUT2D eigenvalue weighted by Crippen LogP contribution is -2.47. The van der Waals surface area contributed by atoms with Crippen LogP contribution < -0.4 is 4.90 Å². The van der Waals surface area contributed by atoms with E-state index in [4.69, 9.17) is 9.73 Å². The number of carbonyl (C=O) groups excluding carboxylic acids is 1. The summed E-state index contributed by atoms with van der Waals surface area (Å²) in [6.07, 6.45) is 3.58. The number of H-pyrrole nitrogens is 1. The minimum Gasteiger partial charge on any atom is -0.374 e. The van der Waals surface area contributed by atoms with Crippen LogP contribution in [0.15, 0.2) is 35.3 Å². The maximum absolute atomic E-state index is 13.2. The van der Waals surface area contributed by atoms with Crippen LogP contribution in [0.4, 0.5) is 5.82 Å². The van der Waals surface area contributed by atoms with E-state index in [0.29, 0.717) is 19.8 Å². The molecule has 1 unspecified atom stereocenters. The zero-order chi connectivity index (χ0) is 19.5. The third-order valence-electron chi connectivity index (χ3n) is 5.45. The average Bonchev–Trinajstić information content (AvgIpc) is 3.14. The van der Waals surface area contributed by atoms with Gasteiger partial charge in [-0.05, 0) is 38.2 Å². The van der Waals surface area contributed by atoms with Gasteiger partial charge in [-0.2, -0.15) is 0 Å². The monoisotopic (exact) mass is 380 g/mol. The molecule has 3 heterocycles. The number of amides is 1. The van der Waals surface area contributed by atoms with Gasteiger partial charge in [0.2, 0.25) is 5.91 Å². The predicted molar refractivity (Wildman–Crippen MR) is 110 cm³/mol. The van der Waals surface area contributed by atoms with Crippen molar-refractivity contribution in [3.63, 3.8) is 0 Å². The van der Waals surface area contributed by atoms with Crippen molar-refractivity contribution in [3.8, 4) is 0 Å². The number of ether oxygens (including phenoxy) is 1. The molecular formula is C22H28N4O2. The number of fused-ring (bicyclic) bond motifs is 3. The van der Waals surface area contributed by atoms with Crippen molar-refractivity contribution < 1.29 is 9.53 Å². The maximum atomic E-state index is 13.2. The Hall–Kier alpha value is -2.47. The Kier molecular flexibility index (Phi) is 5.57. The van der Waals surface area contributed by atoms with E-state index in [-0.39, 0.29) is 17.9 Å². The molecule has 1 aromatic carbocycles. The number of benzene rings is 1. The fraction of sp³-hybridized carbons (Fsp3) is 0.500. The van der Waals surface area contributed by atoms with Gasteiger partial charge in [0.1, 0.15) is 18.1 Å². The lowest BCUT2D eigenvalue weighted by Gasteiger charge is -2.35. The van der Waals surface area contributed by atoms with Crippen LogP contribution in [0.3, 0.4) is 0 Å². The van der Waals surface area contributed by atoms with Crippen LogP contribution in [0.2, 0.25) is 0 Å². The summed E-state index contributed by atoms with van der Waals surface area (Å²) in [4.78, 5) is 28.1. The number of aliphatic imine (C=N–C) groups is 1. The highest BCUT2D eigenvalue weighted by atomic mass is 16.5. The van der Waals surface area contributed by atoms with Gasteiger partial charge in [0.05, 0.1) is 17.7 Å². The first-order valence-corrected chi connectivity index (χ1v) is 10.3. The summed E-state index contributed by atoms with van der Waals surface area (Å²) in [6.45, 7) is 5.78. The molecular weight excluding hydrogens is 352 g/mol. The van der Waals surface area contributed by atoms with Crippen molar-refractivity contribution in [2.24, 2.45) is 10.9 Å². The number of hydrogen-bond donors (Lipinski definition) is 1. The minimum absolute atomic E-state index is 0.140. The number of rotatable bonds is 7. The predicted octanol–water partition coefficient (Wildman–Crippen LogP) is 3.51. The van der Waals surface area contributed by atoms with Crippen LogP contribution in [0.1, 0.15) is 50.2 Å². The first kappa shape index (κ1) is 18.9. The van der Waals surface area contributed by atoms with Gasteiger partial charge >= 0.3 is 0 Å². The normalized spacial score (nSPS) is 21.3. The molecule has 0 bridgehead atoms. The van der Waals surface area contributed by atoms with Gasteiger partial charge in [0.25, 0.3) is 0 Å². The van der Waals surface area contributed by atoms with Gasteiger partial charge in [-0.1, -0.05) is 37.3 Å². The average molecular weight is 380 g/mol. The molecule has 0 saturated carbocycles. The highest BCUT2D eigenvalue weighted by Crippen LogP contribution is 2.35. The van der Waals surface area contributed by atoms with Crippen LogP contribution in [0, 0.1) is 5.92 Å². The summed E-state index contributed by atoms with van der Waals surface area (Å²) in [7, 11) is 0. The lowest BCUT2D eigenvalue weighted by molar-refractivity contribution is -0.121. The van der Waals surface area contributed by atoms with Gasteiger partial charge in [0.15, 0.2) is 5.82 Å². The maximum Gasteiger partial charge on any atom is 0.237 e. The van der Waals surface area contributed by atoms with Crippen molar-refractivity contribution in [3.05, 3.63) is 47.4 Å². The number of nitrogens with one attached hydrogen (secondary N) is 1. The van der Waals surface area contributed by atoms with Gasteiger partial charge < -0.3 is 9.72 Å². The summed E-state index contributed by atoms with van der Waals surface area (Å²) in [6, 6.07) is 10.6. The van der Waals surface area contributed by atoms with Gasteiger partial charge in [-0.15, -0.1) is 0 Å². The highest BCUT2D eigenvalue weighted by Gasteiger charge is 2.42. The lowest BCUT2D eigenvalue weighted by atomic mass is 9.84. The second-order valence-corrected chi connectivity index (χ2v) is 7.50. The molecule has 2 aromatic rings. The number of aromatic amines is 1. The molecule has 1 N–H and O–H groups in total. The first-order chi connectivity index (χ1) is 13.7. The van der Waals surface area contributed by atoms with E-state index in [1.54, 1.807) is 0 Å². The SMILES string of the molecule is CCCN1C(=O)C2CC[C@@H](Cc3ccccc3)N=C2c2[nH]c(COCC)nc21. The highest BCUT2D eigenvalue weighted by molar-refractivity contribution is 6.22. The van der Waals surface area contributed by atoms with E-state index >= 15 is 0 Å². The molecule has 2 aliphatic rings. The number of anilines is 1. The Morgan fingerprint density at radius 3 is 2.79 bits per heavy atom. The van der Waals surface area contributed by atoms with E-state index in [2.05, 4.69) is 41.2 Å². The quantitative estimate of drug-likeness (QED) is 0.799. The minimum atomic E-state index is -0.161. The summed E-state index contributed by atoms with van der Waals surface area (Å²) in [5, 5.41) is 0. The number of hydrogen-bond acceptors (Lipinski definition) is 4.